The molecule has 1 aliphatic rings. The molecule has 3 aromatic rings. The fourth-order valence-electron chi connectivity index (χ4n) is 3.27. The number of rotatable bonds is 3. The first kappa shape index (κ1) is 14.7. The predicted molar refractivity (Wildman–Crippen MR) is 92.7 cm³/mol. The number of anilines is 1. The molecular formula is C17H20N4OS. The first-order chi connectivity index (χ1) is 11.2. The Morgan fingerprint density at radius 1 is 1.26 bits per heavy atom. The number of hydrogen-bond acceptors (Lipinski definition) is 5. The van der Waals surface area contributed by atoms with Crippen LogP contribution < -0.4 is 4.90 Å². The van der Waals surface area contributed by atoms with E-state index >= 15 is 0 Å². The van der Waals surface area contributed by atoms with Crippen molar-refractivity contribution in [1.82, 2.24) is 14.5 Å². The molecule has 0 radical (unpaired) electrons. The number of imidazole rings is 1. The van der Waals surface area contributed by atoms with E-state index in [0.717, 1.165) is 42.4 Å². The Morgan fingerprint density at radius 3 is 2.74 bits per heavy atom. The normalized spacial score (nSPS) is 17.7. The van der Waals surface area contributed by atoms with E-state index in [1.54, 1.807) is 17.5 Å². The Bertz CT molecular complexity index is 771. The van der Waals surface area contributed by atoms with Crippen molar-refractivity contribution in [2.75, 3.05) is 18.0 Å². The molecule has 120 valence electrons. The van der Waals surface area contributed by atoms with Crippen LogP contribution in [0.5, 0.6) is 0 Å². The summed E-state index contributed by atoms with van der Waals surface area (Å²) in [6.07, 6.45) is 5.07. The highest BCUT2D eigenvalue weighted by molar-refractivity contribution is 7.22. The highest BCUT2D eigenvalue weighted by Gasteiger charge is 2.29. The van der Waals surface area contributed by atoms with Crippen molar-refractivity contribution in [1.29, 1.82) is 0 Å². The molecule has 23 heavy (non-hydrogen) atoms. The predicted octanol–water partition coefficient (Wildman–Crippen LogP) is 2.98. The van der Waals surface area contributed by atoms with Crippen LogP contribution in [-0.4, -0.2) is 32.7 Å². The molecule has 6 heteroatoms. The van der Waals surface area contributed by atoms with Gasteiger partial charge in [-0.05, 0) is 30.9 Å². The number of hydrogen-bond donors (Lipinski definition) is 1. The lowest BCUT2D eigenvalue weighted by Crippen LogP contribution is -2.36. The summed E-state index contributed by atoms with van der Waals surface area (Å²) in [6.45, 7) is 1.87. The first-order valence-corrected chi connectivity index (χ1v) is 8.80. The van der Waals surface area contributed by atoms with Gasteiger partial charge in [-0.3, -0.25) is 0 Å². The topological polar surface area (TPSA) is 54.2 Å². The quantitative estimate of drug-likeness (QED) is 0.803. The lowest BCUT2D eigenvalue weighted by molar-refractivity contribution is 0.0825. The smallest absolute Gasteiger partial charge is 0.186 e. The average molecular weight is 328 g/mol. The molecule has 1 aliphatic heterocycles. The molecule has 5 nitrogen and oxygen atoms in total. The molecule has 1 unspecified atom stereocenters. The summed E-state index contributed by atoms with van der Waals surface area (Å²) < 4.78 is 3.14. The van der Waals surface area contributed by atoms with Crippen molar-refractivity contribution < 1.29 is 5.11 Å². The molecule has 0 aliphatic carbocycles. The van der Waals surface area contributed by atoms with Crippen LogP contribution in [0.2, 0.25) is 0 Å². The molecular weight excluding hydrogens is 308 g/mol. The average Bonchev–Trinajstić information content (AvgIpc) is 3.20. The van der Waals surface area contributed by atoms with Gasteiger partial charge in [-0.25, -0.2) is 9.97 Å². The van der Waals surface area contributed by atoms with E-state index in [-0.39, 0.29) is 5.92 Å². The van der Waals surface area contributed by atoms with Crippen LogP contribution in [0.4, 0.5) is 5.13 Å². The van der Waals surface area contributed by atoms with Gasteiger partial charge in [-0.2, -0.15) is 0 Å². The van der Waals surface area contributed by atoms with E-state index in [1.165, 1.54) is 4.70 Å². The van der Waals surface area contributed by atoms with E-state index < -0.39 is 6.10 Å². The van der Waals surface area contributed by atoms with Gasteiger partial charge in [-0.15, -0.1) is 0 Å². The second-order valence-corrected chi connectivity index (χ2v) is 7.14. The van der Waals surface area contributed by atoms with Crippen LogP contribution in [0.25, 0.3) is 10.2 Å². The maximum Gasteiger partial charge on any atom is 0.186 e. The third kappa shape index (κ3) is 2.72. The monoisotopic (exact) mass is 328 g/mol. The summed E-state index contributed by atoms with van der Waals surface area (Å²) in [5.74, 6) is 1.03. The van der Waals surface area contributed by atoms with Crippen molar-refractivity contribution in [2.24, 2.45) is 13.0 Å². The molecule has 2 aromatic heterocycles. The molecule has 1 atom stereocenters. The van der Waals surface area contributed by atoms with E-state index in [9.17, 15) is 5.11 Å². The molecule has 3 heterocycles. The zero-order chi connectivity index (χ0) is 15.8. The SMILES string of the molecule is Cn1ccnc1C(O)C1CCN(c2nc3ccccc3s2)CC1. The summed E-state index contributed by atoms with van der Waals surface area (Å²) in [5.41, 5.74) is 1.07. The van der Waals surface area contributed by atoms with Gasteiger partial charge in [0.05, 0.1) is 10.2 Å². The molecule has 1 N–H and O–H groups in total. The number of benzene rings is 1. The number of aromatic nitrogens is 3. The number of aryl methyl sites for hydroxylation is 1. The zero-order valence-electron chi connectivity index (χ0n) is 13.1. The summed E-state index contributed by atoms with van der Waals surface area (Å²) in [7, 11) is 1.93. The van der Waals surface area contributed by atoms with Crippen molar-refractivity contribution in [3.63, 3.8) is 0 Å². The second-order valence-electron chi connectivity index (χ2n) is 6.13. The summed E-state index contributed by atoms with van der Waals surface area (Å²) in [5, 5.41) is 11.7. The van der Waals surface area contributed by atoms with Gasteiger partial charge in [0.25, 0.3) is 0 Å². The van der Waals surface area contributed by atoms with Gasteiger partial charge >= 0.3 is 0 Å². The maximum atomic E-state index is 10.6. The van der Waals surface area contributed by atoms with Gasteiger partial charge in [0.2, 0.25) is 0 Å². The van der Waals surface area contributed by atoms with E-state index in [1.807, 2.05) is 23.9 Å². The maximum absolute atomic E-state index is 10.6. The number of aliphatic hydroxyl groups is 1. The van der Waals surface area contributed by atoms with Crippen LogP contribution in [0.1, 0.15) is 24.8 Å². The highest BCUT2D eigenvalue weighted by Crippen LogP contribution is 2.34. The van der Waals surface area contributed by atoms with Crippen LogP contribution >= 0.6 is 11.3 Å². The standard InChI is InChI=1S/C17H20N4OS/c1-20-11-8-18-16(20)15(22)12-6-9-21(10-7-12)17-19-13-4-2-3-5-14(13)23-17/h2-5,8,11-12,15,22H,6-7,9-10H2,1H3. The van der Waals surface area contributed by atoms with Gasteiger partial charge in [0.15, 0.2) is 5.13 Å². The first-order valence-electron chi connectivity index (χ1n) is 7.98. The van der Waals surface area contributed by atoms with Gasteiger partial charge in [-0.1, -0.05) is 23.5 Å². The third-order valence-corrected chi connectivity index (χ3v) is 5.76. The number of para-hydroxylation sites is 1. The Hall–Kier alpha value is -1.92. The molecule has 0 spiro atoms. The van der Waals surface area contributed by atoms with E-state index in [0.29, 0.717) is 0 Å². The lowest BCUT2D eigenvalue weighted by atomic mass is 9.91. The minimum atomic E-state index is -0.479. The Labute approximate surface area is 139 Å². The Kier molecular flexibility index (Phi) is 3.79. The molecule has 0 amide bonds. The molecule has 4 rings (SSSR count). The van der Waals surface area contributed by atoms with Crippen LogP contribution in [0, 0.1) is 5.92 Å². The van der Waals surface area contributed by atoms with Gasteiger partial charge in [0.1, 0.15) is 11.9 Å². The van der Waals surface area contributed by atoms with E-state index in [2.05, 4.69) is 28.1 Å². The molecule has 1 fully saturated rings. The van der Waals surface area contributed by atoms with E-state index in [4.69, 9.17) is 4.98 Å². The third-order valence-electron chi connectivity index (χ3n) is 4.66. The van der Waals surface area contributed by atoms with Crippen LogP contribution in [-0.2, 0) is 7.05 Å². The van der Waals surface area contributed by atoms with Gasteiger partial charge in [0, 0.05) is 32.5 Å². The number of nitrogens with zero attached hydrogens (tertiary/aromatic N) is 4. The Morgan fingerprint density at radius 2 is 2.04 bits per heavy atom. The van der Waals surface area contributed by atoms with Crippen molar-refractivity contribution in [3.8, 4) is 0 Å². The fraction of sp³-hybridized carbons (Fsp3) is 0.412. The molecule has 1 saturated heterocycles. The Balaban J connectivity index is 1.45. The fourth-order valence-corrected chi connectivity index (χ4v) is 4.29. The largest absolute Gasteiger partial charge is 0.385 e. The minimum Gasteiger partial charge on any atom is -0.385 e. The van der Waals surface area contributed by atoms with Crippen molar-refractivity contribution in [3.05, 3.63) is 42.5 Å². The highest BCUT2D eigenvalue weighted by atomic mass is 32.1. The van der Waals surface area contributed by atoms with Crippen LogP contribution in [0.3, 0.4) is 0 Å². The molecule has 0 saturated carbocycles. The molecule has 0 bridgehead atoms. The van der Waals surface area contributed by atoms with Crippen molar-refractivity contribution in [2.45, 2.75) is 18.9 Å². The number of aliphatic hydroxyl groups excluding tert-OH is 1. The molecule has 1 aromatic carbocycles. The van der Waals surface area contributed by atoms with Crippen LogP contribution in [0.15, 0.2) is 36.7 Å². The number of thiazole rings is 1. The van der Waals surface area contributed by atoms with Gasteiger partial charge < -0.3 is 14.6 Å². The summed E-state index contributed by atoms with van der Waals surface area (Å²) in [4.78, 5) is 11.4. The second kappa shape index (κ2) is 5.94. The summed E-state index contributed by atoms with van der Waals surface area (Å²) in [6, 6.07) is 8.27. The number of fused-ring (bicyclic) bond motifs is 1. The van der Waals surface area contributed by atoms with Crippen molar-refractivity contribution >= 4 is 26.7 Å². The number of piperidine rings is 1. The lowest BCUT2D eigenvalue weighted by Gasteiger charge is -2.33. The minimum absolute atomic E-state index is 0.265. The summed E-state index contributed by atoms with van der Waals surface area (Å²) >= 11 is 1.75. The zero-order valence-corrected chi connectivity index (χ0v) is 13.9.